The van der Waals surface area contributed by atoms with Crippen molar-refractivity contribution in [3.05, 3.63) is 11.2 Å². The molecular formula is C12H18ClN5O. The van der Waals surface area contributed by atoms with Gasteiger partial charge in [-0.25, -0.2) is 4.98 Å². The van der Waals surface area contributed by atoms with Gasteiger partial charge in [0.2, 0.25) is 11.9 Å². The third-order valence-corrected chi connectivity index (χ3v) is 3.30. The van der Waals surface area contributed by atoms with Gasteiger partial charge in [0.05, 0.1) is 12.7 Å². The Morgan fingerprint density at radius 3 is 3.00 bits per heavy atom. The molecule has 1 saturated heterocycles. The molecule has 1 aromatic rings. The van der Waals surface area contributed by atoms with Crippen molar-refractivity contribution in [1.29, 1.82) is 0 Å². The molecule has 2 heterocycles. The van der Waals surface area contributed by atoms with Gasteiger partial charge in [-0.05, 0) is 13.3 Å². The Kier molecular flexibility index (Phi) is 4.42. The maximum Gasteiger partial charge on any atom is 0.241 e. The molecule has 0 radical (unpaired) electrons. The Hall–Kier alpha value is -1.56. The highest BCUT2D eigenvalue weighted by atomic mass is 35.5. The van der Waals surface area contributed by atoms with Crippen LogP contribution in [-0.4, -0.2) is 54.0 Å². The summed E-state index contributed by atoms with van der Waals surface area (Å²) in [5.41, 5.74) is 0. The van der Waals surface area contributed by atoms with E-state index in [0.29, 0.717) is 23.3 Å². The van der Waals surface area contributed by atoms with E-state index >= 15 is 0 Å². The minimum absolute atomic E-state index is 0.0807. The monoisotopic (exact) mass is 283 g/mol. The van der Waals surface area contributed by atoms with Crippen molar-refractivity contribution in [3.8, 4) is 0 Å². The van der Waals surface area contributed by atoms with E-state index in [0.717, 1.165) is 26.1 Å². The quantitative estimate of drug-likeness (QED) is 0.904. The number of carbonyl (C=O) groups is 1. The summed E-state index contributed by atoms with van der Waals surface area (Å²) in [6.45, 7) is 4.54. The smallest absolute Gasteiger partial charge is 0.241 e. The number of halogens is 1. The summed E-state index contributed by atoms with van der Waals surface area (Å²) in [5, 5.41) is 3.52. The highest BCUT2D eigenvalue weighted by molar-refractivity contribution is 6.32. The van der Waals surface area contributed by atoms with Crippen LogP contribution in [0.2, 0.25) is 5.02 Å². The van der Waals surface area contributed by atoms with Crippen molar-refractivity contribution in [2.75, 3.05) is 43.4 Å². The van der Waals surface area contributed by atoms with E-state index in [1.54, 1.807) is 11.1 Å². The van der Waals surface area contributed by atoms with E-state index < -0.39 is 0 Å². The zero-order valence-corrected chi connectivity index (χ0v) is 11.9. The van der Waals surface area contributed by atoms with Crippen LogP contribution < -0.4 is 10.2 Å². The fourth-order valence-electron chi connectivity index (χ4n) is 1.99. The van der Waals surface area contributed by atoms with Crippen molar-refractivity contribution in [1.82, 2.24) is 14.9 Å². The summed E-state index contributed by atoms with van der Waals surface area (Å²) in [4.78, 5) is 24.0. The molecule has 1 aliphatic rings. The molecule has 104 valence electrons. The summed E-state index contributed by atoms with van der Waals surface area (Å²) in [7, 11) is 1.82. The number of hydrogen-bond donors (Lipinski definition) is 1. The normalized spacial score (nSPS) is 16.5. The number of nitrogens with zero attached hydrogens (tertiary/aromatic N) is 4. The van der Waals surface area contributed by atoms with E-state index in [-0.39, 0.29) is 5.91 Å². The molecule has 1 fully saturated rings. The predicted molar refractivity (Wildman–Crippen MR) is 75.7 cm³/mol. The van der Waals surface area contributed by atoms with Crippen LogP contribution >= 0.6 is 11.6 Å². The van der Waals surface area contributed by atoms with E-state index in [1.807, 2.05) is 18.9 Å². The van der Waals surface area contributed by atoms with E-state index in [2.05, 4.69) is 15.3 Å². The van der Waals surface area contributed by atoms with Gasteiger partial charge in [-0.15, -0.1) is 0 Å². The van der Waals surface area contributed by atoms with Crippen LogP contribution in [-0.2, 0) is 4.79 Å². The molecule has 0 bridgehead atoms. The second-order valence-electron chi connectivity index (χ2n) is 4.49. The van der Waals surface area contributed by atoms with Gasteiger partial charge < -0.3 is 15.1 Å². The zero-order valence-electron chi connectivity index (χ0n) is 11.2. The average Bonchev–Trinajstić information content (AvgIpc) is 2.55. The molecule has 0 saturated carbocycles. The van der Waals surface area contributed by atoms with Crippen LogP contribution in [0, 0.1) is 0 Å². The van der Waals surface area contributed by atoms with Gasteiger partial charge in [-0.3, -0.25) is 4.79 Å². The maximum absolute atomic E-state index is 11.9. The lowest BCUT2D eigenvalue weighted by molar-refractivity contribution is -0.127. The number of amides is 1. The highest BCUT2D eigenvalue weighted by Crippen LogP contribution is 2.24. The summed E-state index contributed by atoms with van der Waals surface area (Å²) in [5.74, 6) is 1.24. The Labute approximate surface area is 117 Å². The fraction of sp³-hybridized carbons (Fsp3) is 0.583. The van der Waals surface area contributed by atoms with Gasteiger partial charge in [0.25, 0.3) is 0 Å². The van der Waals surface area contributed by atoms with Crippen LogP contribution in [0.3, 0.4) is 0 Å². The molecule has 19 heavy (non-hydrogen) atoms. The van der Waals surface area contributed by atoms with Crippen molar-refractivity contribution in [3.63, 3.8) is 0 Å². The molecule has 0 atom stereocenters. The first-order valence-electron chi connectivity index (χ1n) is 6.37. The zero-order chi connectivity index (χ0) is 13.8. The van der Waals surface area contributed by atoms with E-state index in [9.17, 15) is 4.79 Å². The number of likely N-dealkylation sites (N-methyl/N-ethyl adjacent to an activating group) is 1. The van der Waals surface area contributed by atoms with Crippen molar-refractivity contribution in [2.45, 2.75) is 13.3 Å². The van der Waals surface area contributed by atoms with Gasteiger partial charge in [-0.2, -0.15) is 4.98 Å². The van der Waals surface area contributed by atoms with Gasteiger partial charge in [-0.1, -0.05) is 11.6 Å². The van der Waals surface area contributed by atoms with Gasteiger partial charge in [0, 0.05) is 26.7 Å². The molecule has 0 spiro atoms. The first-order valence-corrected chi connectivity index (χ1v) is 6.75. The number of aromatic nitrogens is 2. The number of anilines is 2. The fourth-order valence-corrected chi connectivity index (χ4v) is 2.20. The Bertz CT molecular complexity index is 467. The number of nitrogens with one attached hydrogen (secondary N) is 1. The molecular weight excluding hydrogens is 266 g/mol. The van der Waals surface area contributed by atoms with Crippen LogP contribution in [0.4, 0.5) is 11.8 Å². The number of carbonyl (C=O) groups excluding carboxylic acids is 1. The summed E-state index contributed by atoms with van der Waals surface area (Å²) >= 11 is 6.15. The largest absolute Gasteiger partial charge is 0.354 e. The molecule has 2 rings (SSSR count). The third kappa shape index (κ3) is 3.26. The Morgan fingerprint density at radius 2 is 2.26 bits per heavy atom. The van der Waals surface area contributed by atoms with Crippen molar-refractivity contribution in [2.24, 2.45) is 0 Å². The third-order valence-electron chi connectivity index (χ3n) is 3.03. The predicted octanol–water partition coefficient (Wildman–Crippen LogP) is 1.23. The molecule has 7 heteroatoms. The van der Waals surface area contributed by atoms with Gasteiger partial charge >= 0.3 is 0 Å². The average molecular weight is 284 g/mol. The van der Waals surface area contributed by atoms with Crippen LogP contribution in [0.1, 0.15) is 13.3 Å². The van der Waals surface area contributed by atoms with Crippen LogP contribution in [0.25, 0.3) is 0 Å². The first kappa shape index (κ1) is 13.9. The Balaban J connectivity index is 2.24. The molecule has 1 aromatic heterocycles. The van der Waals surface area contributed by atoms with E-state index in [1.165, 1.54) is 0 Å². The van der Waals surface area contributed by atoms with Gasteiger partial charge in [0.1, 0.15) is 5.02 Å². The highest BCUT2D eigenvalue weighted by Gasteiger charge is 2.22. The maximum atomic E-state index is 11.9. The summed E-state index contributed by atoms with van der Waals surface area (Å²) < 4.78 is 0. The lowest BCUT2D eigenvalue weighted by Crippen LogP contribution is -2.35. The molecule has 1 amide bonds. The second-order valence-corrected chi connectivity index (χ2v) is 4.89. The number of rotatable bonds is 3. The van der Waals surface area contributed by atoms with Crippen LogP contribution in [0.5, 0.6) is 0 Å². The second kappa shape index (κ2) is 6.06. The minimum atomic E-state index is 0.0807. The molecule has 0 aliphatic carbocycles. The van der Waals surface area contributed by atoms with Crippen molar-refractivity contribution < 1.29 is 4.79 Å². The SMILES string of the molecule is CCNc1ncc(Cl)c(N2CCCN(C)C(=O)C2)n1. The molecule has 1 aliphatic heterocycles. The van der Waals surface area contributed by atoms with Crippen molar-refractivity contribution >= 4 is 29.3 Å². The molecule has 0 unspecified atom stereocenters. The molecule has 0 aromatic carbocycles. The summed E-state index contributed by atoms with van der Waals surface area (Å²) in [6, 6.07) is 0. The standard InChI is InChI=1S/C12H18ClN5O/c1-3-14-12-15-7-9(13)11(16-12)18-6-4-5-17(2)10(19)8-18/h7H,3-6,8H2,1-2H3,(H,14,15,16). The Morgan fingerprint density at radius 1 is 1.47 bits per heavy atom. The van der Waals surface area contributed by atoms with Gasteiger partial charge in [0.15, 0.2) is 5.82 Å². The summed E-state index contributed by atoms with van der Waals surface area (Å²) in [6.07, 6.45) is 2.47. The lowest BCUT2D eigenvalue weighted by Gasteiger charge is -2.22. The first-order chi connectivity index (χ1) is 9.11. The minimum Gasteiger partial charge on any atom is -0.354 e. The number of hydrogen-bond acceptors (Lipinski definition) is 5. The molecule has 1 N–H and O–H groups in total. The van der Waals surface area contributed by atoms with Crippen LogP contribution in [0.15, 0.2) is 6.20 Å². The topological polar surface area (TPSA) is 61.4 Å². The lowest BCUT2D eigenvalue weighted by atomic mass is 10.4. The van der Waals surface area contributed by atoms with E-state index in [4.69, 9.17) is 11.6 Å². The molecule has 6 nitrogen and oxygen atoms in total.